The van der Waals surface area contributed by atoms with Gasteiger partial charge in [-0.05, 0) is 25.0 Å². The van der Waals surface area contributed by atoms with Crippen molar-refractivity contribution < 1.29 is 14.6 Å². The molecule has 1 aromatic rings. The van der Waals surface area contributed by atoms with Gasteiger partial charge in [0, 0.05) is 4.47 Å². The van der Waals surface area contributed by atoms with Crippen LogP contribution in [0.5, 0.6) is 0 Å². The van der Waals surface area contributed by atoms with Gasteiger partial charge in [0.15, 0.2) is 0 Å². The lowest BCUT2D eigenvalue weighted by atomic mass is 10.0. The molecule has 2 unspecified atom stereocenters. The van der Waals surface area contributed by atoms with Gasteiger partial charge in [-0.1, -0.05) is 47.6 Å². The van der Waals surface area contributed by atoms with E-state index in [0.29, 0.717) is 5.56 Å². The maximum Gasteiger partial charge on any atom is 0.336 e. The zero-order valence-electron chi connectivity index (χ0n) is 10.5. The maximum absolute atomic E-state index is 11.7. The summed E-state index contributed by atoms with van der Waals surface area (Å²) in [6.45, 7) is 7.34. The van der Waals surface area contributed by atoms with Crippen molar-refractivity contribution in [2.45, 2.75) is 32.5 Å². The highest BCUT2D eigenvalue weighted by molar-refractivity contribution is 9.10. The second-order valence-electron chi connectivity index (χ2n) is 4.07. The van der Waals surface area contributed by atoms with Crippen LogP contribution in [0.1, 0.15) is 31.9 Å². The highest BCUT2D eigenvalue weighted by atomic mass is 79.9. The first-order valence-electron chi connectivity index (χ1n) is 5.79. The first-order valence-corrected chi connectivity index (χ1v) is 6.59. The summed E-state index contributed by atoms with van der Waals surface area (Å²) in [5.74, 6) is -0.562. The lowest BCUT2D eigenvalue weighted by Crippen LogP contribution is -2.19. The van der Waals surface area contributed by atoms with E-state index in [0.717, 1.165) is 10.9 Å². The van der Waals surface area contributed by atoms with Gasteiger partial charge in [0.2, 0.25) is 0 Å². The molecule has 0 bridgehead atoms. The van der Waals surface area contributed by atoms with Gasteiger partial charge in [-0.2, -0.15) is 0 Å². The number of benzene rings is 1. The predicted molar refractivity (Wildman–Crippen MR) is 74.1 cm³/mol. The molecule has 4 heteroatoms. The summed E-state index contributed by atoms with van der Waals surface area (Å²) >= 11 is 3.33. The lowest BCUT2D eigenvalue weighted by Gasteiger charge is -2.17. The predicted octanol–water partition coefficient (Wildman–Crippen LogP) is 3.38. The van der Waals surface area contributed by atoms with E-state index in [4.69, 9.17) is 4.74 Å². The number of carbonyl (C=O) groups is 1. The van der Waals surface area contributed by atoms with Crippen LogP contribution in [0.15, 0.2) is 40.9 Å². The summed E-state index contributed by atoms with van der Waals surface area (Å²) in [5.41, 5.74) is 0.644. The monoisotopic (exact) mass is 312 g/mol. The molecule has 0 aliphatic heterocycles. The van der Waals surface area contributed by atoms with Crippen molar-refractivity contribution in [2.24, 2.45) is 0 Å². The number of rotatable bonds is 5. The van der Waals surface area contributed by atoms with E-state index < -0.39 is 12.1 Å². The number of hydrogen-bond acceptors (Lipinski definition) is 3. The second kappa shape index (κ2) is 6.71. The summed E-state index contributed by atoms with van der Waals surface area (Å²) < 4.78 is 5.86. The van der Waals surface area contributed by atoms with E-state index in [1.165, 1.54) is 0 Å². The van der Waals surface area contributed by atoms with Crippen LogP contribution in [0.25, 0.3) is 0 Å². The molecule has 0 aromatic heterocycles. The summed E-state index contributed by atoms with van der Waals surface area (Å²) in [7, 11) is 0. The van der Waals surface area contributed by atoms with Crippen molar-refractivity contribution in [3.8, 4) is 0 Å². The Morgan fingerprint density at radius 3 is 2.67 bits per heavy atom. The Bertz CT molecular complexity index is 442. The van der Waals surface area contributed by atoms with Gasteiger partial charge in [-0.3, -0.25) is 0 Å². The molecule has 1 N–H and O–H groups in total. The van der Waals surface area contributed by atoms with Crippen LogP contribution in [0, 0.1) is 0 Å². The molecular formula is C14H17BrO3. The first kappa shape index (κ1) is 14.9. The van der Waals surface area contributed by atoms with Crippen molar-refractivity contribution in [3.05, 3.63) is 46.5 Å². The molecule has 2 atom stereocenters. The number of hydrogen-bond donors (Lipinski definition) is 1. The largest absolute Gasteiger partial charge is 0.459 e. The fourth-order valence-corrected chi connectivity index (χ4v) is 1.84. The van der Waals surface area contributed by atoms with Gasteiger partial charge >= 0.3 is 5.97 Å². The fraction of sp³-hybridized carbons (Fsp3) is 0.357. The van der Waals surface area contributed by atoms with Gasteiger partial charge in [0.25, 0.3) is 0 Å². The summed E-state index contributed by atoms with van der Waals surface area (Å²) in [5, 5.41) is 10.1. The van der Waals surface area contributed by atoms with Crippen LogP contribution in [-0.4, -0.2) is 17.2 Å². The number of aliphatic hydroxyl groups is 1. The summed E-state index contributed by atoms with van der Waals surface area (Å²) in [4.78, 5) is 11.7. The molecule has 0 saturated carbocycles. The van der Waals surface area contributed by atoms with Crippen LogP contribution in [0.4, 0.5) is 0 Å². The third-order valence-electron chi connectivity index (χ3n) is 2.68. The van der Waals surface area contributed by atoms with Gasteiger partial charge in [0.1, 0.15) is 6.10 Å². The number of ether oxygens (including phenoxy) is 1. The van der Waals surface area contributed by atoms with E-state index >= 15 is 0 Å². The zero-order valence-corrected chi connectivity index (χ0v) is 12.1. The number of halogens is 1. The van der Waals surface area contributed by atoms with Crippen molar-refractivity contribution in [2.75, 3.05) is 0 Å². The molecule has 0 aliphatic rings. The quantitative estimate of drug-likeness (QED) is 0.669. The molecule has 0 saturated heterocycles. The third-order valence-corrected chi connectivity index (χ3v) is 3.40. The van der Waals surface area contributed by atoms with E-state index in [1.807, 2.05) is 13.0 Å². The normalized spacial score (nSPS) is 13.8. The van der Waals surface area contributed by atoms with Crippen LogP contribution < -0.4 is 0 Å². The van der Waals surface area contributed by atoms with Crippen LogP contribution in [-0.2, 0) is 9.53 Å². The van der Waals surface area contributed by atoms with Crippen LogP contribution in [0.2, 0.25) is 0 Å². The van der Waals surface area contributed by atoms with Crippen molar-refractivity contribution in [1.82, 2.24) is 0 Å². The molecule has 0 fully saturated rings. The number of carbonyl (C=O) groups excluding carboxylic acids is 1. The number of aliphatic hydroxyl groups excluding tert-OH is 1. The minimum atomic E-state index is -1.06. The van der Waals surface area contributed by atoms with E-state index in [-0.39, 0.29) is 11.7 Å². The fourth-order valence-electron chi connectivity index (χ4n) is 1.34. The van der Waals surface area contributed by atoms with E-state index in [1.54, 1.807) is 25.1 Å². The van der Waals surface area contributed by atoms with Gasteiger partial charge in [0.05, 0.1) is 11.7 Å². The first-order chi connectivity index (χ1) is 8.47. The molecule has 0 aliphatic carbocycles. The minimum absolute atomic E-state index is 0.0437. The van der Waals surface area contributed by atoms with Crippen LogP contribution in [0.3, 0.4) is 0 Å². The Kier molecular flexibility index (Phi) is 5.56. The standard InChI is InChI=1S/C14H17BrO3/c1-4-9(2)18-14(17)10(3)13(16)11-7-5-6-8-12(11)15/h5-9,13,16H,3-4H2,1-2H3. The van der Waals surface area contributed by atoms with Gasteiger partial charge in [-0.15, -0.1) is 0 Å². The molecule has 3 nitrogen and oxygen atoms in total. The molecule has 98 valence electrons. The molecule has 0 spiro atoms. The molecule has 0 radical (unpaired) electrons. The average Bonchev–Trinajstić information content (AvgIpc) is 2.37. The van der Waals surface area contributed by atoms with Gasteiger partial charge in [-0.25, -0.2) is 4.79 Å². The smallest absolute Gasteiger partial charge is 0.336 e. The Morgan fingerprint density at radius 2 is 2.11 bits per heavy atom. The maximum atomic E-state index is 11.7. The molecule has 18 heavy (non-hydrogen) atoms. The Hall–Kier alpha value is -1.13. The highest BCUT2D eigenvalue weighted by Crippen LogP contribution is 2.28. The Morgan fingerprint density at radius 1 is 1.50 bits per heavy atom. The third kappa shape index (κ3) is 3.68. The highest BCUT2D eigenvalue weighted by Gasteiger charge is 2.22. The minimum Gasteiger partial charge on any atom is -0.459 e. The summed E-state index contributed by atoms with van der Waals surface area (Å²) in [6, 6.07) is 7.15. The molecule has 1 rings (SSSR count). The molecular weight excluding hydrogens is 296 g/mol. The zero-order chi connectivity index (χ0) is 13.7. The average molecular weight is 313 g/mol. The van der Waals surface area contributed by atoms with Gasteiger partial charge < -0.3 is 9.84 Å². The van der Waals surface area contributed by atoms with E-state index in [9.17, 15) is 9.90 Å². The molecule has 0 amide bonds. The lowest BCUT2D eigenvalue weighted by molar-refractivity contribution is -0.144. The van der Waals surface area contributed by atoms with E-state index in [2.05, 4.69) is 22.5 Å². The summed E-state index contributed by atoms with van der Waals surface area (Å²) in [6.07, 6.45) is -0.512. The number of esters is 1. The SMILES string of the molecule is C=C(C(=O)OC(C)CC)C(O)c1ccccc1Br. The van der Waals surface area contributed by atoms with Crippen molar-refractivity contribution >= 4 is 21.9 Å². The van der Waals surface area contributed by atoms with Crippen molar-refractivity contribution in [1.29, 1.82) is 0 Å². The molecule has 0 heterocycles. The Balaban J connectivity index is 2.79. The van der Waals surface area contributed by atoms with Crippen LogP contribution >= 0.6 is 15.9 Å². The second-order valence-corrected chi connectivity index (χ2v) is 4.93. The topological polar surface area (TPSA) is 46.5 Å². The molecule has 1 aromatic carbocycles. The Labute approximate surface area is 116 Å². The van der Waals surface area contributed by atoms with Crippen molar-refractivity contribution in [3.63, 3.8) is 0 Å².